The van der Waals surface area contributed by atoms with E-state index in [0.717, 1.165) is 31.2 Å². The highest BCUT2D eigenvalue weighted by Gasteiger charge is 2.15. The predicted octanol–water partition coefficient (Wildman–Crippen LogP) is 2.71. The number of carbonyl (C=O) groups excluding carboxylic acids is 2. The van der Waals surface area contributed by atoms with Gasteiger partial charge in [-0.15, -0.1) is 0 Å². The Morgan fingerprint density at radius 2 is 1.81 bits per heavy atom. The summed E-state index contributed by atoms with van der Waals surface area (Å²) in [5, 5.41) is 2.84. The lowest BCUT2D eigenvalue weighted by molar-refractivity contribution is 0.0790. The number of nitrogens with one attached hydrogen (secondary N) is 1. The monoisotopic (exact) mass is 354 g/mol. The van der Waals surface area contributed by atoms with Crippen LogP contribution in [0.5, 0.6) is 0 Å². The number of amides is 2. The quantitative estimate of drug-likeness (QED) is 0.703. The molecule has 0 saturated carbocycles. The van der Waals surface area contributed by atoms with Crippen LogP contribution >= 0.6 is 0 Å². The number of unbranched alkanes of at least 4 members (excludes halogenated alkanes) is 2. The summed E-state index contributed by atoms with van der Waals surface area (Å²) < 4.78 is 0. The van der Waals surface area contributed by atoms with Gasteiger partial charge in [-0.25, -0.2) is 4.98 Å². The number of rotatable bonds is 9. The Hall–Kier alpha value is -2.76. The van der Waals surface area contributed by atoms with Gasteiger partial charge in [-0.1, -0.05) is 25.8 Å². The normalized spacial score (nSPS) is 10.4. The Balaban J connectivity index is 1.92. The molecule has 0 atom stereocenters. The van der Waals surface area contributed by atoms with Crippen molar-refractivity contribution in [2.75, 3.05) is 20.1 Å². The van der Waals surface area contributed by atoms with E-state index in [-0.39, 0.29) is 23.2 Å². The molecule has 0 aliphatic carbocycles. The molecule has 26 heavy (non-hydrogen) atoms. The van der Waals surface area contributed by atoms with Gasteiger partial charge in [0.15, 0.2) is 0 Å². The van der Waals surface area contributed by atoms with Crippen LogP contribution in [-0.2, 0) is 6.42 Å². The Kier molecular flexibility index (Phi) is 7.74. The molecule has 0 aliphatic rings. The van der Waals surface area contributed by atoms with E-state index in [0.29, 0.717) is 13.1 Å². The van der Waals surface area contributed by atoms with Gasteiger partial charge >= 0.3 is 0 Å². The zero-order valence-corrected chi connectivity index (χ0v) is 15.4. The predicted molar refractivity (Wildman–Crippen MR) is 101 cm³/mol. The van der Waals surface area contributed by atoms with Crippen molar-refractivity contribution >= 4 is 11.8 Å². The van der Waals surface area contributed by atoms with Gasteiger partial charge in [-0.2, -0.15) is 0 Å². The fourth-order valence-electron chi connectivity index (χ4n) is 2.49. The van der Waals surface area contributed by atoms with Gasteiger partial charge in [-0.05, 0) is 42.7 Å². The number of pyridine rings is 2. The van der Waals surface area contributed by atoms with Crippen molar-refractivity contribution in [3.05, 3.63) is 59.7 Å². The van der Waals surface area contributed by atoms with Gasteiger partial charge in [-0.3, -0.25) is 14.6 Å². The third-order valence-corrected chi connectivity index (χ3v) is 4.10. The zero-order chi connectivity index (χ0) is 18.8. The molecule has 0 aromatic carbocycles. The lowest BCUT2D eigenvalue weighted by Gasteiger charge is -2.17. The standard InChI is InChI=1S/C20H26N4O2/c1-3-4-5-12-22-19(25)17-7-6-8-18(23-17)20(26)24(2)15-11-16-9-13-21-14-10-16/h6-10,13-14H,3-5,11-12,15H2,1-2H3,(H,22,25). The summed E-state index contributed by atoms with van der Waals surface area (Å²) in [6, 6.07) is 8.82. The maximum Gasteiger partial charge on any atom is 0.272 e. The van der Waals surface area contributed by atoms with Crippen molar-refractivity contribution < 1.29 is 9.59 Å². The average Bonchev–Trinajstić information content (AvgIpc) is 2.69. The smallest absolute Gasteiger partial charge is 0.272 e. The lowest BCUT2D eigenvalue weighted by Crippen LogP contribution is -2.31. The topological polar surface area (TPSA) is 75.2 Å². The molecule has 2 aromatic heterocycles. The highest BCUT2D eigenvalue weighted by molar-refractivity contribution is 5.96. The summed E-state index contributed by atoms with van der Waals surface area (Å²) in [7, 11) is 1.74. The van der Waals surface area contributed by atoms with E-state index in [1.54, 1.807) is 42.5 Å². The first-order valence-electron chi connectivity index (χ1n) is 9.01. The van der Waals surface area contributed by atoms with Crippen LogP contribution in [0, 0.1) is 0 Å². The minimum atomic E-state index is -0.241. The van der Waals surface area contributed by atoms with Gasteiger partial charge in [0.25, 0.3) is 11.8 Å². The average molecular weight is 354 g/mol. The van der Waals surface area contributed by atoms with Gasteiger partial charge < -0.3 is 10.2 Å². The van der Waals surface area contributed by atoms with Crippen LogP contribution in [0.1, 0.15) is 52.7 Å². The third kappa shape index (κ3) is 5.95. The first kappa shape index (κ1) is 19.6. The van der Waals surface area contributed by atoms with E-state index in [4.69, 9.17) is 0 Å². The van der Waals surface area contributed by atoms with E-state index >= 15 is 0 Å². The van der Waals surface area contributed by atoms with Crippen molar-refractivity contribution in [1.29, 1.82) is 0 Å². The lowest BCUT2D eigenvalue weighted by atomic mass is 10.2. The van der Waals surface area contributed by atoms with Gasteiger partial charge in [0, 0.05) is 32.5 Å². The second kappa shape index (κ2) is 10.3. The SMILES string of the molecule is CCCCCNC(=O)c1cccc(C(=O)N(C)CCc2ccncc2)n1. The first-order valence-corrected chi connectivity index (χ1v) is 9.01. The summed E-state index contributed by atoms with van der Waals surface area (Å²) in [5.74, 6) is -0.435. The summed E-state index contributed by atoms with van der Waals surface area (Å²) in [5.41, 5.74) is 1.67. The number of aromatic nitrogens is 2. The van der Waals surface area contributed by atoms with E-state index in [1.165, 1.54) is 0 Å². The molecule has 0 radical (unpaired) electrons. The van der Waals surface area contributed by atoms with Crippen LogP contribution in [0.25, 0.3) is 0 Å². The third-order valence-electron chi connectivity index (χ3n) is 4.10. The zero-order valence-electron chi connectivity index (χ0n) is 15.4. The summed E-state index contributed by atoms with van der Waals surface area (Å²) in [6.45, 7) is 3.31. The largest absolute Gasteiger partial charge is 0.351 e. The van der Waals surface area contributed by atoms with Crippen LogP contribution in [0.2, 0.25) is 0 Å². The van der Waals surface area contributed by atoms with Gasteiger partial charge in [0.1, 0.15) is 11.4 Å². The molecule has 2 heterocycles. The van der Waals surface area contributed by atoms with Crippen molar-refractivity contribution in [2.45, 2.75) is 32.6 Å². The molecular formula is C20H26N4O2. The van der Waals surface area contributed by atoms with Crippen LogP contribution in [0.4, 0.5) is 0 Å². The molecule has 6 nitrogen and oxygen atoms in total. The van der Waals surface area contributed by atoms with Crippen LogP contribution < -0.4 is 5.32 Å². The van der Waals surface area contributed by atoms with Gasteiger partial charge in [0.2, 0.25) is 0 Å². The minimum absolute atomic E-state index is 0.195. The van der Waals surface area contributed by atoms with E-state index in [9.17, 15) is 9.59 Å². The molecular weight excluding hydrogens is 328 g/mol. The van der Waals surface area contributed by atoms with Crippen molar-refractivity contribution in [2.24, 2.45) is 0 Å². The maximum absolute atomic E-state index is 12.6. The van der Waals surface area contributed by atoms with Gasteiger partial charge in [0.05, 0.1) is 0 Å². The summed E-state index contributed by atoms with van der Waals surface area (Å²) in [6.07, 6.45) is 7.34. The highest BCUT2D eigenvalue weighted by atomic mass is 16.2. The second-order valence-electron chi connectivity index (χ2n) is 6.20. The van der Waals surface area contributed by atoms with Crippen LogP contribution in [-0.4, -0.2) is 46.8 Å². The summed E-state index contributed by atoms with van der Waals surface area (Å²) in [4.78, 5) is 34.6. The van der Waals surface area contributed by atoms with E-state index < -0.39 is 0 Å². The van der Waals surface area contributed by atoms with Crippen molar-refractivity contribution in [1.82, 2.24) is 20.2 Å². The minimum Gasteiger partial charge on any atom is -0.351 e. The molecule has 0 spiro atoms. The molecule has 0 unspecified atom stereocenters. The fourth-order valence-corrected chi connectivity index (χ4v) is 2.49. The Morgan fingerprint density at radius 1 is 1.08 bits per heavy atom. The number of carbonyl (C=O) groups is 2. The molecule has 0 saturated heterocycles. The molecule has 0 fully saturated rings. The number of hydrogen-bond acceptors (Lipinski definition) is 4. The highest BCUT2D eigenvalue weighted by Crippen LogP contribution is 2.05. The van der Waals surface area contributed by atoms with Crippen LogP contribution in [0.3, 0.4) is 0 Å². The fraction of sp³-hybridized carbons (Fsp3) is 0.400. The molecule has 6 heteroatoms. The molecule has 138 valence electrons. The van der Waals surface area contributed by atoms with Crippen molar-refractivity contribution in [3.8, 4) is 0 Å². The Morgan fingerprint density at radius 3 is 2.54 bits per heavy atom. The summed E-state index contributed by atoms with van der Waals surface area (Å²) >= 11 is 0. The molecule has 0 bridgehead atoms. The second-order valence-corrected chi connectivity index (χ2v) is 6.20. The molecule has 0 aliphatic heterocycles. The molecule has 2 aromatic rings. The first-order chi connectivity index (χ1) is 12.6. The number of hydrogen-bond donors (Lipinski definition) is 1. The Labute approximate surface area is 154 Å². The Bertz CT molecular complexity index is 719. The van der Waals surface area contributed by atoms with E-state index in [1.807, 2.05) is 12.1 Å². The molecule has 2 rings (SSSR count). The molecule has 2 amide bonds. The maximum atomic E-state index is 12.6. The van der Waals surface area contributed by atoms with Crippen LogP contribution in [0.15, 0.2) is 42.7 Å². The number of nitrogens with zero attached hydrogens (tertiary/aromatic N) is 3. The molecule has 1 N–H and O–H groups in total. The number of likely N-dealkylation sites (N-methyl/N-ethyl adjacent to an activating group) is 1. The van der Waals surface area contributed by atoms with E-state index in [2.05, 4.69) is 22.2 Å². The van der Waals surface area contributed by atoms with Crippen molar-refractivity contribution in [3.63, 3.8) is 0 Å².